The van der Waals surface area contributed by atoms with Gasteiger partial charge in [-0.25, -0.2) is 8.42 Å². The molecule has 2 fully saturated rings. The molecule has 2 aliphatic rings. The Labute approximate surface area is 139 Å². The molecule has 2 heterocycles. The van der Waals surface area contributed by atoms with Gasteiger partial charge >= 0.3 is 0 Å². The van der Waals surface area contributed by atoms with Gasteiger partial charge in [-0.3, -0.25) is 4.90 Å². The summed E-state index contributed by atoms with van der Waals surface area (Å²) < 4.78 is 32.3. The first kappa shape index (κ1) is 16.9. The molecule has 0 aromatic heterocycles. The van der Waals surface area contributed by atoms with E-state index in [9.17, 15) is 8.42 Å². The Morgan fingerprint density at radius 3 is 2.70 bits per heavy atom. The molecule has 23 heavy (non-hydrogen) atoms. The van der Waals surface area contributed by atoms with Crippen LogP contribution in [-0.4, -0.2) is 56.5 Å². The number of sulfonamides is 1. The van der Waals surface area contributed by atoms with Crippen molar-refractivity contribution >= 4 is 10.0 Å². The predicted molar refractivity (Wildman–Crippen MR) is 89.7 cm³/mol. The highest BCUT2D eigenvalue weighted by Gasteiger charge is 2.26. The quantitative estimate of drug-likeness (QED) is 0.843. The summed E-state index contributed by atoms with van der Waals surface area (Å²) in [6.07, 6.45) is 3.75. The third-order valence-corrected chi connectivity index (χ3v) is 6.73. The number of hydrogen-bond acceptors (Lipinski definition) is 4. The summed E-state index contributed by atoms with van der Waals surface area (Å²) in [7, 11) is -3.40. The van der Waals surface area contributed by atoms with Crippen molar-refractivity contribution in [1.82, 2.24) is 9.21 Å². The zero-order valence-corrected chi connectivity index (χ0v) is 14.6. The van der Waals surface area contributed by atoms with Gasteiger partial charge in [-0.1, -0.05) is 18.6 Å². The van der Waals surface area contributed by atoms with Gasteiger partial charge in [-0.15, -0.1) is 0 Å². The number of benzene rings is 1. The molecule has 1 aromatic carbocycles. The molecule has 1 unspecified atom stereocenters. The fourth-order valence-electron chi connectivity index (χ4n) is 3.37. The van der Waals surface area contributed by atoms with Crippen molar-refractivity contribution in [3.63, 3.8) is 0 Å². The van der Waals surface area contributed by atoms with Crippen molar-refractivity contribution in [3.8, 4) is 0 Å². The molecule has 0 spiro atoms. The molecule has 1 atom stereocenters. The molecule has 128 valence electrons. The van der Waals surface area contributed by atoms with E-state index in [0.29, 0.717) is 37.2 Å². The van der Waals surface area contributed by atoms with E-state index in [1.807, 2.05) is 18.2 Å². The fourth-order valence-corrected chi connectivity index (χ4v) is 4.85. The van der Waals surface area contributed by atoms with Crippen molar-refractivity contribution < 1.29 is 13.2 Å². The topological polar surface area (TPSA) is 49.9 Å². The number of nitrogens with zero attached hydrogens (tertiary/aromatic N) is 2. The Kier molecular flexibility index (Phi) is 5.36. The first-order valence-electron chi connectivity index (χ1n) is 8.48. The van der Waals surface area contributed by atoms with Crippen LogP contribution >= 0.6 is 0 Å². The Balaban J connectivity index is 1.76. The van der Waals surface area contributed by atoms with E-state index in [-0.39, 0.29) is 0 Å². The Bertz CT molecular complexity index is 626. The van der Waals surface area contributed by atoms with Gasteiger partial charge in [0.1, 0.15) is 0 Å². The number of likely N-dealkylation sites (tertiary alicyclic amines) is 1. The van der Waals surface area contributed by atoms with E-state index in [4.69, 9.17) is 4.74 Å². The lowest BCUT2D eigenvalue weighted by Crippen LogP contribution is -2.40. The van der Waals surface area contributed by atoms with Crippen molar-refractivity contribution in [2.75, 3.05) is 32.8 Å². The summed E-state index contributed by atoms with van der Waals surface area (Å²) in [5.74, 6) is 0. The van der Waals surface area contributed by atoms with Gasteiger partial charge in [0.2, 0.25) is 10.0 Å². The van der Waals surface area contributed by atoms with Gasteiger partial charge in [-0.2, -0.15) is 4.31 Å². The highest BCUT2D eigenvalue weighted by atomic mass is 32.2. The fraction of sp³-hybridized carbons (Fsp3) is 0.647. The van der Waals surface area contributed by atoms with Crippen LogP contribution in [0.15, 0.2) is 29.2 Å². The molecule has 2 saturated heterocycles. The van der Waals surface area contributed by atoms with Crippen LogP contribution in [0.25, 0.3) is 0 Å². The summed E-state index contributed by atoms with van der Waals surface area (Å²) in [5.41, 5.74) is 1.08. The SMILES string of the molecule is CC1CCCCN1Cc1cccc(S(=O)(=O)N2CCOCC2)c1. The third kappa shape index (κ3) is 3.94. The van der Waals surface area contributed by atoms with Crippen LogP contribution in [0.1, 0.15) is 31.7 Å². The van der Waals surface area contributed by atoms with Crippen LogP contribution in [0.5, 0.6) is 0 Å². The van der Waals surface area contributed by atoms with Gasteiger partial charge in [0.25, 0.3) is 0 Å². The van der Waals surface area contributed by atoms with E-state index in [0.717, 1.165) is 18.7 Å². The minimum atomic E-state index is -3.40. The Hall–Kier alpha value is -0.950. The molecule has 0 radical (unpaired) electrons. The lowest BCUT2D eigenvalue weighted by atomic mass is 10.0. The maximum absolute atomic E-state index is 12.8. The van der Waals surface area contributed by atoms with E-state index < -0.39 is 10.0 Å². The molecular weight excluding hydrogens is 312 g/mol. The average Bonchev–Trinajstić information content (AvgIpc) is 2.58. The predicted octanol–water partition coefficient (Wildman–Crippen LogP) is 2.08. The lowest BCUT2D eigenvalue weighted by Gasteiger charge is -2.33. The van der Waals surface area contributed by atoms with Gasteiger partial charge < -0.3 is 4.74 Å². The highest BCUT2D eigenvalue weighted by molar-refractivity contribution is 7.89. The standard InChI is InChI=1S/C17H26N2O3S/c1-15-5-2-3-8-18(15)14-16-6-4-7-17(13-16)23(20,21)19-9-11-22-12-10-19/h4,6-7,13,15H,2-3,5,8-12,14H2,1H3. The molecule has 0 aliphatic carbocycles. The summed E-state index contributed by atoms with van der Waals surface area (Å²) in [6.45, 7) is 6.02. The van der Waals surface area contributed by atoms with Crippen LogP contribution < -0.4 is 0 Å². The lowest BCUT2D eigenvalue weighted by molar-refractivity contribution is 0.0730. The number of morpholine rings is 1. The number of piperidine rings is 1. The zero-order valence-electron chi connectivity index (χ0n) is 13.8. The molecular formula is C17H26N2O3S. The van der Waals surface area contributed by atoms with Crippen molar-refractivity contribution in [2.45, 2.75) is 43.7 Å². The summed E-state index contributed by atoms with van der Waals surface area (Å²) >= 11 is 0. The second kappa shape index (κ2) is 7.30. The molecule has 6 heteroatoms. The molecule has 2 aliphatic heterocycles. The largest absolute Gasteiger partial charge is 0.379 e. The van der Waals surface area contributed by atoms with Crippen LogP contribution in [0.2, 0.25) is 0 Å². The summed E-state index contributed by atoms with van der Waals surface area (Å²) in [5, 5.41) is 0. The van der Waals surface area contributed by atoms with E-state index in [1.165, 1.54) is 23.6 Å². The van der Waals surface area contributed by atoms with E-state index in [2.05, 4.69) is 11.8 Å². The molecule has 0 amide bonds. The number of rotatable bonds is 4. The summed E-state index contributed by atoms with van der Waals surface area (Å²) in [4.78, 5) is 2.85. The maximum Gasteiger partial charge on any atom is 0.243 e. The Morgan fingerprint density at radius 2 is 1.96 bits per heavy atom. The third-order valence-electron chi connectivity index (χ3n) is 4.83. The van der Waals surface area contributed by atoms with Crippen LogP contribution in [-0.2, 0) is 21.3 Å². The molecule has 1 aromatic rings. The van der Waals surface area contributed by atoms with E-state index in [1.54, 1.807) is 6.07 Å². The first-order chi connectivity index (χ1) is 11.1. The minimum Gasteiger partial charge on any atom is -0.379 e. The Morgan fingerprint density at radius 1 is 1.17 bits per heavy atom. The van der Waals surface area contributed by atoms with Gasteiger partial charge in [0, 0.05) is 25.7 Å². The van der Waals surface area contributed by atoms with Gasteiger partial charge in [-0.05, 0) is 44.0 Å². The van der Waals surface area contributed by atoms with Gasteiger partial charge in [0.15, 0.2) is 0 Å². The van der Waals surface area contributed by atoms with Crippen LogP contribution in [0.4, 0.5) is 0 Å². The smallest absolute Gasteiger partial charge is 0.243 e. The normalized spacial score (nSPS) is 24.7. The zero-order chi connectivity index (χ0) is 16.3. The molecule has 5 nitrogen and oxygen atoms in total. The second-order valence-corrected chi connectivity index (χ2v) is 8.42. The van der Waals surface area contributed by atoms with Crippen LogP contribution in [0.3, 0.4) is 0 Å². The second-order valence-electron chi connectivity index (χ2n) is 6.48. The molecule has 0 N–H and O–H groups in total. The van der Waals surface area contributed by atoms with Crippen molar-refractivity contribution in [2.24, 2.45) is 0 Å². The summed E-state index contributed by atoms with van der Waals surface area (Å²) in [6, 6.07) is 8.00. The number of ether oxygens (including phenoxy) is 1. The minimum absolute atomic E-state index is 0.404. The molecule has 3 rings (SSSR count). The van der Waals surface area contributed by atoms with Crippen molar-refractivity contribution in [3.05, 3.63) is 29.8 Å². The highest BCUT2D eigenvalue weighted by Crippen LogP contribution is 2.22. The van der Waals surface area contributed by atoms with Crippen LogP contribution in [0, 0.1) is 0 Å². The molecule has 0 bridgehead atoms. The maximum atomic E-state index is 12.8. The van der Waals surface area contributed by atoms with Gasteiger partial charge in [0.05, 0.1) is 18.1 Å². The average molecular weight is 338 g/mol. The monoisotopic (exact) mass is 338 g/mol. The first-order valence-corrected chi connectivity index (χ1v) is 9.92. The molecule has 0 saturated carbocycles. The number of hydrogen-bond donors (Lipinski definition) is 0. The van der Waals surface area contributed by atoms with Crippen molar-refractivity contribution in [1.29, 1.82) is 0 Å². The van der Waals surface area contributed by atoms with E-state index >= 15 is 0 Å².